The number of hydrogen-bond acceptors (Lipinski definition) is 4. The molecule has 1 aromatic heterocycles. The van der Waals surface area contributed by atoms with Crippen LogP contribution in [0.15, 0.2) is 79.0 Å². The zero-order valence-corrected chi connectivity index (χ0v) is 16.1. The van der Waals surface area contributed by atoms with Crippen molar-refractivity contribution in [2.75, 3.05) is 5.32 Å². The Hall–Kier alpha value is -3.75. The summed E-state index contributed by atoms with van der Waals surface area (Å²) in [4.78, 5) is 7.61. The summed E-state index contributed by atoms with van der Waals surface area (Å²) in [7, 11) is 0. The van der Waals surface area contributed by atoms with E-state index in [1.807, 2.05) is 72.8 Å². The molecule has 0 aliphatic heterocycles. The molecule has 142 valence electrons. The monoisotopic (exact) mass is 400 g/mol. The standard InChI is InChI=1S/C23H17ClN4O/c24-18-7-5-16(6-8-18)15-29-20-11-9-19(10-12-20)26-14-17(13-25)23-27-21-3-1-2-4-22(21)28-23/h1-12,14,26H,15H2,(H,27,28). The second-order valence-electron chi connectivity index (χ2n) is 6.36. The Kier molecular flexibility index (Phi) is 5.46. The van der Waals surface area contributed by atoms with Crippen LogP contribution < -0.4 is 10.1 Å². The Morgan fingerprint density at radius 2 is 1.83 bits per heavy atom. The van der Waals surface area contributed by atoms with Crippen molar-refractivity contribution in [3.8, 4) is 11.8 Å². The van der Waals surface area contributed by atoms with Crippen molar-refractivity contribution in [2.24, 2.45) is 0 Å². The summed E-state index contributed by atoms with van der Waals surface area (Å²) in [6, 6.07) is 24.9. The summed E-state index contributed by atoms with van der Waals surface area (Å²) >= 11 is 5.89. The van der Waals surface area contributed by atoms with Crippen LogP contribution in [0.25, 0.3) is 16.6 Å². The summed E-state index contributed by atoms with van der Waals surface area (Å²) in [5, 5.41) is 13.3. The van der Waals surface area contributed by atoms with E-state index in [1.165, 1.54) is 0 Å². The molecule has 1 heterocycles. The van der Waals surface area contributed by atoms with E-state index >= 15 is 0 Å². The first-order valence-corrected chi connectivity index (χ1v) is 9.38. The van der Waals surface area contributed by atoms with Crippen LogP contribution in [0.2, 0.25) is 5.02 Å². The normalized spacial score (nSPS) is 11.2. The maximum atomic E-state index is 9.48. The smallest absolute Gasteiger partial charge is 0.150 e. The van der Waals surface area contributed by atoms with Gasteiger partial charge in [0.1, 0.15) is 24.0 Å². The number of hydrogen-bond donors (Lipinski definition) is 2. The van der Waals surface area contributed by atoms with Crippen molar-refractivity contribution < 1.29 is 4.74 Å². The molecule has 0 fully saturated rings. The lowest BCUT2D eigenvalue weighted by atomic mass is 10.2. The number of halogens is 1. The molecule has 0 spiro atoms. The molecule has 4 rings (SSSR count). The molecule has 29 heavy (non-hydrogen) atoms. The minimum absolute atomic E-state index is 0.421. The van der Waals surface area contributed by atoms with Crippen molar-refractivity contribution in [1.82, 2.24) is 9.97 Å². The Morgan fingerprint density at radius 3 is 2.55 bits per heavy atom. The number of ether oxygens (including phenoxy) is 1. The molecule has 2 N–H and O–H groups in total. The first-order chi connectivity index (χ1) is 14.2. The van der Waals surface area contributed by atoms with Crippen LogP contribution in [0, 0.1) is 11.3 Å². The Labute approximate surface area is 173 Å². The van der Waals surface area contributed by atoms with E-state index in [0.717, 1.165) is 28.0 Å². The van der Waals surface area contributed by atoms with Gasteiger partial charge in [0, 0.05) is 16.9 Å². The Bertz CT molecular complexity index is 1160. The van der Waals surface area contributed by atoms with Gasteiger partial charge in [-0.1, -0.05) is 35.9 Å². The third-order valence-electron chi connectivity index (χ3n) is 4.32. The van der Waals surface area contributed by atoms with Crippen LogP contribution in [-0.4, -0.2) is 9.97 Å². The summed E-state index contributed by atoms with van der Waals surface area (Å²) in [6.45, 7) is 0.467. The van der Waals surface area contributed by atoms with E-state index < -0.39 is 0 Å². The minimum atomic E-state index is 0.421. The van der Waals surface area contributed by atoms with E-state index in [1.54, 1.807) is 6.20 Å². The van der Waals surface area contributed by atoms with E-state index in [4.69, 9.17) is 16.3 Å². The van der Waals surface area contributed by atoms with Gasteiger partial charge in [-0.25, -0.2) is 4.98 Å². The number of allylic oxidation sites excluding steroid dienone is 1. The average Bonchev–Trinajstić information content (AvgIpc) is 3.19. The van der Waals surface area contributed by atoms with Gasteiger partial charge >= 0.3 is 0 Å². The van der Waals surface area contributed by atoms with Crippen LogP contribution >= 0.6 is 11.6 Å². The van der Waals surface area contributed by atoms with E-state index in [2.05, 4.69) is 21.4 Å². The van der Waals surface area contributed by atoms with Gasteiger partial charge in [-0.05, 0) is 54.1 Å². The second kappa shape index (κ2) is 8.51. The van der Waals surface area contributed by atoms with Crippen LogP contribution in [0.5, 0.6) is 5.75 Å². The molecule has 0 unspecified atom stereocenters. The Morgan fingerprint density at radius 1 is 1.07 bits per heavy atom. The fourth-order valence-corrected chi connectivity index (χ4v) is 2.91. The highest BCUT2D eigenvalue weighted by Crippen LogP contribution is 2.20. The highest BCUT2D eigenvalue weighted by atomic mass is 35.5. The zero-order valence-electron chi connectivity index (χ0n) is 15.4. The lowest BCUT2D eigenvalue weighted by molar-refractivity contribution is 0.306. The molecule has 3 aromatic carbocycles. The Balaban J connectivity index is 1.40. The molecule has 0 atom stereocenters. The van der Waals surface area contributed by atoms with E-state index in [9.17, 15) is 5.26 Å². The average molecular weight is 401 g/mol. The molecule has 0 bridgehead atoms. The highest BCUT2D eigenvalue weighted by Gasteiger charge is 2.07. The number of nitrogens with zero attached hydrogens (tertiary/aromatic N) is 2. The first-order valence-electron chi connectivity index (χ1n) is 9.00. The summed E-state index contributed by atoms with van der Waals surface area (Å²) < 4.78 is 5.78. The molecular formula is C23H17ClN4O. The van der Waals surface area contributed by atoms with Crippen LogP contribution in [0.4, 0.5) is 5.69 Å². The number of anilines is 1. The topological polar surface area (TPSA) is 73.7 Å². The third-order valence-corrected chi connectivity index (χ3v) is 4.57. The fourth-order valence-electron chi connectivity index (χ4n) is 2.78. The van der Waals surface area contributed by atoms with Crippen LogP contribution in [-0.2, 0) is 6.61 Å². The predicted octanol–water partition coefficient (Wildman–Crippen LogP) is 5.77. The number of para-hydroxylation sites is 2. The maximum absolute atomic E-state index is 9.48. The quantitative estimate of drug-likeness (QED) is 0.403. The number of aromatic amines is 1. The number of H-pyrrole nitrogens is 1. The lowest BCUT2D eigenvalue weighted by Crippen LogP contribution is -1.96. The van der Waals surface area contributed by atoms with Gasteiger partial charge in [0.15, 0.2) is 5.82 Å². The second-order valence-corrected chi connectivity index (χ2v) is 6.79. The molecule has 0 radical (unpaired) electrons. The van der Waals surface area contributed by atoms with Crippen molar-refractivity contribution in [3.63, 3.8) is 0 Å². The molecule has 0 aliphatic carbocycles. The lowest BCUT2D eigenvalue weighted by Gasteiger charge is -2.08. The van der Waals surface area contributed by atoms with E-state index in [-0.39, 0.29) is 0 Å². The van der Waals surface area contributed by atoms with Crippen molar-refractivity contribution in [2.45, 2.75) is 6.61 Å². The van der Waals surface area contributed by atoms with E-state index in [0.29, 0.717) is 23.0 Å². The predicted molar refractivity (Wildman–Crippen MR) is 116 cm³/mol. The molecular weight excluding hydrogens is 384 g/mol. The van der Waals surface area contributed by atoms with Gasteiger partial charge in [0.2, 0.25) is 0 Å². The number of fused-ring (bicyclic) bond motifs is 1. The first kappa shape index (κ1) is 18.6. The van der Waals surface area contributed by atoms with Crippen molar-refractivity contribution >= 4 is 33.9 Å². The van der Waals surface area contributed by atoms with Gasteiger partial charge < -0.3 is 15.0 Å². The van der Waals surface area contributed by atoms with Gasteiger partial charge in [-0.3, -0.25) is 0 Å². The van der Waals surface area contributed by atoms with Crippen LogP contribution in [0.3, 0.4) is 0 Å². The molecule has 0 aliphatic rings. The van der Waals surface area contributed by atoms with Crippen molar-refractivity contribution in [3.05, 3.63) is 95.4 Å². The molecule has 4 aromatic rings. The number of benzene rings is 3. The van der Waals surface area contributed by atoms with Gasteiger partial charge in [0.05, 0.1) is 11.0 Å². The molecule has 0 saturated carbocycles. The molecule has 5 nitrogen and oxygen atoms in total. The van der Waals surface area contributed by atoms with Crippen molar-refractivity contribution in [1.29, 1.82) is 5.26 Å². The van der Waals surface area contributed by atoms with Gasteiger partial charge in [-0.2, -0.15) is 5.26 Å². The molecule has 0 amide bonds. The van der Waals surface area contributed by atoms with Crippen LogP contribution in [0.1, 0.15) is 11.4 Å². The number of rotatable bonds is 6. The summed E-state index contributed by atoms with van der Waals surface area (Å²) in [5.74, 6) is 1.29. The number of nitrogens with one attached hydrogen (secondary N) is 2. The van der Waals surface area contributed by atoms with Gasteiger partial charge in [-0.15, -0.1) is 0 Å². The number of imidazole rings is 1. The highest BCUT2D eigenvalue weighted by molar-refractivity contribution is 6.30. The molecule has 0 saturated heterocycles. The zero-order chi connectivity index (χ0) is 20.1. The minimum Gasteiger partial charge on any atom is -0.489 e. The third kappa shape index (κ3) is 4.57. The number of aromatic nitrogens is 2. The maximum Gasteiger partial charge on any atom is 0.150 e. The number of nitriles is 1. The fraction of sp³-hybridized carbons (Fsp3) is 0.0435. The molecule has 6 heteroatoms. The SMILES string of the molecule is N#CC(=CNc1ccc(OCc2ccc(Cl)cc2)cc1)c1nc2ccccc2[nH]1. The summed E-state index contributed by atoms with van der Waals surface area (Å²) in [6.07, 6.45) is 1.64. The summed E-state index contributed by atoms with van der Waals surface area (Å²) in [5.41, 5.74) is 4.03. The largest absolute Gasteiger partial charge is 0.489 e. The van der Waals surface area contributed by atoms with Gasteiger partial charge in [0.25, 0.3) is 0 Å².